The van der Waals surface area contributed by atoms with Crippen LogP contribution in [0.4, 0.5) is 9.18 Å². The van der Waals surface area contributed by atoms with E-state index in [-0.39, 0.29) is 35.6 Å². The summed E-state index contributed by atoms with van der Waals surface area (Å²) in [5.74, 6) is -0.308. The summed E-state index contributed by atoms with van der Waals surface area (Å²) in [6, 6.07) is 6.02. The number of hydrogen-bond acceptors (Lipinski definition) is 4. The van der Waals surface area contributed by atoms with Crippen molar-refractivity contribution in [3.63, 3.8) is 0 Å². The Bertz CT molecular complexity index is 933. The molecule has 29 heavy (non-hydrogen) atoms. The van der Waals surface area contributed by atoms with E-state index in [0.717, 1.165) is 11.3 Å². The highest BCUT2D eigenvalue weighted by atomic mass is 19.1. The number of halogens is 1. The zero-order valence-electron chi connectivity index (χ0n) is 16.7. The topological polar surface area (TPSA) is 69.6 Å². The van der Waals surface area contributed by atoms with Crippen LogP contribution in [0, 0.1) is 24.6 Å². The molecule has 2 aromatic rings. The molecule has 7 nitrogen and oxygen atoms in total. The van der Waals surface area contributed by atoms with Crippen molar-refractivity contribution < 1.29 is 14.0 Å². The van der Waals surface area contributed by atoms with Gasteiger partial charge in [0.25, 0.3) is 5.91 Å². The van der Waals surface area contributed by atoms with Gasteiger partial charge in [-0.25, -0.2) is 14.2 Å². The molecule has 1 aromatic carbocycles. The van der Waals surface area contributed by atoms with Crippen LogP contribution in [0.2, 0.25) is 0 Å². The van der Waals surface area contributed by atoms with E-state index in [1.807, 2.05) is 13.0 Å². The van der Waals surface area contributed by atoms with Gasteiger partial charge in [-0.2, -0.15) is 0 Å². The van der Waals surface area contributed by atoms with Crippen LogP contribution in [0.5, 0.6) is 0 Å². The van der Waals surface area contributed by atoms with Gasteiger partial charge < -0.3 is 14.7 Å². The van der Waals surface area contributed by atoms with E-state index in [0.29, 0.717) is 25.3 Å². The second-order valence-electron chi connectivity index (χ2n) is 8.01. The van der Waals surface area contributed by atoms with Crippen LogP contribution in [-0.4, -0.2) is 70.3 Å². The van der Waals surface area contributed by atoms with Gasteiger partial charge in [0.2, 0.25) is 0 Å². The number of aryl methyl sites for hydroxylation is 1. The largest absolute Gasteiger partial charge is 0.337 e. The third kappa shape index (κ3) is 3.54. The molecule has 4 rings (SSSR count). The average molecular weight is 397 g/mol. The number of rotatable bonds is 2. The van der Waals surface area contributed by atoms with Crippen LogP contribution in [-0.2, 0) is 0 Å². The van der Waals surface area contributed by atoms with Crippen molar-refractivity contribution in [2.24, 2.45) is 11.8 Å². The minimum absolute atomic E-state index is 0.0445. The molecule has 3 atom stereocenters. The first-order valence-electron chi connectivity index (χ1n) is 9.66. The lowest BCUT2D eigenvalue weighted by molar-refractivity contribution is 0.0760. The zero-order chi connectivity index (χ0) is 20.7. The van der Waals surface area contributed by atoms with Crippen molar-refractivity contribution >= 4 is 11.9 Å². The lowest BCUT2D eigenvalue weighted by atomic mass is 9.89. The SMILES string of the molecule is Cc1cnc(C(=O)N2C[C@@H]3CN(C(=O)N(C)C)[C@@H](c4cccc(F)c4)[C@@H]3C2)cn1. The third-order valence-electron chi connectivity index (χ3n) is 5.77. The molecule has 0 bridgehead atoms. The first-order valence-corrected chi connectivity index (χ1v) is 9.66. The van der Waals surface area contributed by atoms with Crippen LogP contribution in [0.25, 0.3) is 0 Å². The van der Waals surface area contributed by atoms with Gasteiger partial charge in [-0.15, -0.1) is 0 Å². The fourth-order valence-electron chi connectivity index (χ4n) is 4.45. The highest BCUT2D eigenvalue weighted by Gasteiger charge is 2.50. The Morgan fingerprint density at radius 2 is 1.93 bits per heavy atom. The monoisotopic (exact) mass is 397 g/mol. The van der Waals surface area contributed by atoms with Crippen molar-refractivity contribution in [2.75, 3.05) is 33.7 Å². The van der Waals surface area contributed by atoms with Crippen LogP contribution >= 0.6 is 0 Å². The quantitative estimate of drug-likeness (QED) is 0.780. The number of hydrogen-bond donors (Lipinski definition) is 0. The summed E-state index contributed by atoms with van der Waals surface area (Å²) in [4.78, 5) is 39.1. The highest BCUT2D eigenvalue weighted by Crippen LogP contribution is 2.45. The summed E-state index contributed by atoms with van der Waals surface area (Å²) >= 11 is 0. The maximum Gasteiger partial charge on any atom is 0.320 e. The summed E-state index contributed by atoms with van der Waals surface area (Å²) in [5.41, 5.74) is 1.83. The Morgan fingerprint density at radius 3 is 2.59 bits per heavy atom. The molecule has 152 valence electrons. The molecule has 0 aliphatic carbocycles. The lowest BCUT2D eigenvalue weighted by Gasteiger charge is -2.31. The third-order valence-corrected chi connectivity index (χ3v) is 5.77. The number of likely N-dealkylation sites (tertiary alicyclic amines) is 2. The second-order valence-corrected chi connectivity index (χ2v) is 8.01. The predicted molar refractivity (Wildman–Crippen MR) is 105 cm³/mol. The number of carbonyl (C=O) groups is 2. The molecule has 0 spiro atoms. The van der Waals surface area contributed by atoms with Crippen LogP contribution < -0.4 is 0 Å². The van der Waals surface area contributed by atoms with Crippen LogP contribution in [0.1, 0.15) is 27.8 Å². The van der Waals surface area contributed by atoms with Crippen molar-refractivity contribution in [3.8, 4) is 0 Å². The van der Waals surface area contributed by atoms with Gasteiger partial charge in [0.1, 0.15) is 11.5 Å². The molecule has 1 aromatic heterocycles. The summed E-state index contributed by atoms with van der Waals surface area (Å²) in [5, 5.41) is 0. The van der Waals surface area contributed by atoms with E-state index in [9.17, 15) is 14.0 Å². The smallest absolute Gasteiger partial charge is 0.320 e. The second kappa shape index (κ2) is 7.42. The Hall–Kier alpha value is -3.03. The Balaban J connectivity index is 1.61. The van der Waals surface area contributed by atoms with Crippen molar-refractivity contribution in [3.05, 3.63) is 59.4 Å². The summed E-state index contributed by atoms with van der Waals surface area (Å²) in [6.45, 7) is 3.40. The van der Waals surface area contributed by atoms with Gasteiger partial charge in [0.05, 0.1) is 17.9 Å². The molecule has 0 unspecified atom stereocenters. The normalized spacial score (nSPS) is 23.2. The van der Waals surface area contributed by atoms with Gasteiger partial charge in [-0.1, -0.05) is 12.1 Å². The van der Waals surface area contributed by atoms with E-state index >= 15 is 0 Å². The Labute approximate surface area is 169 Å². The first kappa shape index (κ1) is 19.3. The Kier molecular flexibility index (Phi) is 4.94. The average Bonchev–Trinajstić information content (AvgIpc) is 3.25. The molecule has 0 N–H and O–H groups in total. The summed E-state index contributed by atoms with van der Waals surface area (Å²) < 4.78 is 13.9. The van der Waals surface area contributed by atoms with Gasteiger partial charge in [0, 0.05) is 51.8 Å². The maximum absolute atomic E-state index is 13.9. The van der Waals surface area contributed by atoms with Crippen molar-refractivity contribution in [1.82, 2.24) is 24.7 Å². The standard InChI is InChI=1S/C21H24FN5O2/c1-13-8-24-18(9-23-13)20(28)26-10-15-11-27(21(29)25(2)3)19(17(15)12-26)14-5-4-6-16(22)7-14/h4-9,15,17,19H,10-12H2,1-3H3/t15-,17-,19+/m1/s1. The van der Waals surface area contributed by atoms with Crippen molar-refractivity contribution in [2.45, 2.75) is 13.0 Å². The number of carbonyl (C=O) groups excluding carboxylic acids is 2. The minimum Gasteiger partial charge on any atom is -0.337 e. The molecule has 2 aliphatic heterocycles. The fraction of sp³-hybridized carbons (Fsp3) is 0.429. The maximum atomic E-state index is 13.9. The number of amides is 3. The molecule has 2 aliphatic rings. The van der Waals surface area contributed by atoms with E-state index in [1.54, 1.807) is 36.2 Å². The number of nitrogens with zero attached hydrogens (tertiary/aromatic N) is 5. The van der Waals surface area contributed by atoms with E-state index in [4.69, 9.17) is 0 Å². The molecule has 8 heteroatoms. The van der Waals surface area contributed by atoms with Crippen molar-refractivity contribution in [1.29, 1.82) is 0 Å². The molecule has 2 fully saturated rings. The summed E-state index contributed by atoms with van der Waals surface area (Å²) in [6.07, 6.45) is 3.08. The molecule has 3 heterocycles. The molecular weight excluding hydrogens is 373 g/mol. The van der Waals surface area contributed by atoms with E-state index in [1.165, 1.54) is 23.2 Å². The predicted octanol–water partition coefficient (Wildman–Crippen LogP) is 2.35. The minimum atomic E-state index is -0.330. The number of aromatic nitrogens is 2. The molecule has 2 saturated heterocycles. The fourth-order valence-corrected chi connectivity index (χ4v) is 4.45. The van der Waals surface area contributed by atoms with Crippen LogP contribution in [0.3, 0.4) is 0 Å². The zero-order valence-corrected chi connectivity index (χ0v) is 16.7. The highest BCUT2D eigenvalue weighted by molar-refractivity contribution is 5.92. The summed E-state index contributed by atoms with van der Waals surface area (Å²) in [7, 11) is 3.43. The lowest BCUT2D eigenvalue weighted by Crippen LogP contribution is -2.42. The first-order chi connectivity index (χ1) is 13.8. The van der Waals surface area contributed by atoms with Gasteiger partial charge in [-0.3, -0.25) is 9.78 Å². The molecule has 3 amide bonds. The number of benzene rings is 1. The molecule has 0 saturated carbocycles. The van der Waals surface area contributed by atoms with Gasteiger partial charge in [-0.05, 0) is 24.6 Å². The van der Waals surface area contributed by atoms with Gasteiger partial charge >= 0.3 is 6.03 Å². The number of fused-ring (bicyclic) bond motifs is 1. The number of urea groups is 1. The molecular formula is C21H24FN5O2. The molecule has 0 radical (unpaired) electrons. The van der Waals surface area contributed by atoms with E-state index in [2.05, 4.69) is 9.97 Å². The Morgan fingerprint density at radius 1 is 1.14 bits per heavy atom. The van der Waals surface area contributed by atoms with E-state index < -0.39 is 0 Å². The van der Waals surface area contributed by atoms with Gasteiger partial charge in [0.15, 0.2) is 0 Å². The van der Waals surface area contributed by atoms with Crippen LogP contribution in [0.15, 0.2) is 36.7 Å².